The SMILES string of the molecule is CSC([N-]C(C)=S)=C(C#N)C#N.[Na+]. The van der Waals surface area contributed by atoms with Crippen LogP contribution in [0.4, 0.5) is 0 Å². The molecule has 0 aromatic carbocycles. The van der Waals surface area contributed by atoms with E-state index in [1.165, 1.54) is 11.8 Å². The van der Waals surface area contributed by atoms with Gasteiger partial charge in [-0.15, -0.1) is 12.2 Å². The van der Waals surface area contributed by atoms with E-state index in [-0.39, 0.29) is 35.1 Å². The zero-order valence-corrected chi connectivity index (χ0v) is 11.3. The number of rotatable bonds is 2. The molecule has 0 saturated heterocycles. The Labute approximate surface area is 109 Å². The quantitative estimate of drug-likeness (QED) is 0.351. The first kappa shape index (κ1) is 15.4. The summed E-state index contributed by atoms with van der Waals surface area (Å²) in [5.41, 5.74) is 0.00620. The van der Waals surface area contributed by atoms with Crippen molar-refractivity contribution in [2.45, 2.75) is 6.92 Å². The minimum absolute atomic E-state index is 0. The first-order valence-electron chi connectivity index (χ1n) is 2.96. The van der Waals surface area contributed by atoms with E-state index in [0.29, 0.717) is 10.0 Å². The Morgan fingerprint density at radius 3 is 2.08 bits per heavy atom. The van der Waals surface area contributed by atoms with E-state index >= 15 is 0 Å². The number of thiocarbonyl (C=S) groups is 1. The molecule has 0 amide bonds. The summed E-state index contributed by atoms with van der Waals surface area (Å²) in [6.45, 7) is 1.64. The second kappa shape index (κ2) is 8.55. The fraction of sp³-hybridized carbons (Fsp3) is 0.286. The smallest absolute Gasteiger partial charge is 0.645 e. The van der Waals surface area contributed by atoms with Crippen LogP contribution in [0.25, 0.3) is 5.32 Å². The third-order valence-electron chi connectivity index (χ3n) is 0.890. The van der Waals surface area contributed by atoms with Gasteiger partial charge in [0.1, 0.15) is 17.7 Å². The Bertz CT molecular complexity index is 282. The number of nitrogens with zero attached hydrogens (tertiary/aromatic N) is 3. The number of nitriles is 2. The van der Waals surface area contributed by atoms with Crippen molar-refractivity contribution in [3.8, 4) is 12.1 Å². The normalized spacial score (nSPS) is 7.08. The molecule has 0 aromatic rings. The molecule has 0 aliphatic rings. The van der Waals surface area contributed by atoms with Crippen molar-refractivity contribution in [2.75, 3.05) is 6.26 Å². The van der Waals surface area contributed by atoms with Gasteiger partial charge in [0.25, 0.3) is 0 Å². The fourth-order valence-electron chi connectivity index (χ4n) is 0.467. The van der Waals surface area contributed by atoms with Crippen molar-refractivity contribution < 1.29 is 29.6 Å². The summed E-state index contributed by atoms with van der Waals surface area (Å²) >= 11 is 5.96. The molecule has 0 aliphatic carbocycles. The zero-order valence-electron chi connectivity index (χ0n) is 7.66. The second-order valence-corrected chi connectivity index (χ2v) is 3.12. The molecule has 3 nitrogen and oxygen atoms in total. The number of thioether (sulfide) groups is 1. The maximum atomic E-state index is 8.49. The minimum Gasteiger partial charge on any atom is -0.645 e. The van der Waals surface area contributed by atoms with Crippen molar-refractivity contribution >= 4 is 29.0 Å². The van der Waals surface area contributed by atoms with Gasteiger partial charge in [-0.05, 0) is 6.26 Å². The number of allylic oxidation sites excluding steroid dienone is 1. The third-order valence-corrected chi connectivity index (χ3v) is 1.66. The molecule has 0 saturated carbocycles. The Morgan fingerprint density at radius 1 is 1.38 bits per heavy atom. The molecular formula is C7H6N3NaS2. The van der Waals surface area contributed by atoms with Crippen LogP contribution in [0.2, 0.25) is 0 Å². The molecule has 6 heteroatoms. The fourth-order valence-corrected chi connectivity index (χ4v) is 1.14. The Balaban J connectivity index is 0. The summed E-state index contributed by atoms with van der Waals surface area (Å²) in [4.78, 5) is 0.419. The van der Waals surface area contributed by atoms with Crippen molar-refractivity contribution in [2.24, 2.45) is 0 Å². The summed E-state index contributed by atoms with van der Waals surface area (Å²) in [6.07, 6.45) is 1.74. The van der Waals surface area contributed by atoms with Gasteiger partial charge in [-0.3, -0.25) is 0 Å². The molecule has 0 fully saturated rings. The molecule has 0 bridgehead atoms. The summed E-state index contributed by atoms with van der Waals surface area (Å²) in [7, 11) is 0. The van der Waals surface area contributed by atoms with Crippen LogP contribution in [0.1, 0.15) is 6.92 Å². The van der Waals surface area contributed by atoms with Gasteiger partial charge in [-0.1, -0.05) is 16.9 Å². The molecule has 0 aliphatic heterocycles. The average Bonchev–Trinajstić information content (AvgIpc) is 2.04. The van der Waals surface area contributed by atoms with Gasteiger partial charge in [0.15, 0.2) is 0 Å². The molecule has 0 rings (SSSR count). The Kier molecular flexibility index (Phi) is 10.2. The van der Waals surface area contributed by atoms with E-state index < -0.39 is 0 Å². The number of hydrogen-bond acceptors (Lipinski definition) is 4. The third kappa shape index (κ3) is 6.09. The van der Waals surface area contributed by atoms with Crippen molar-refractivity contribution in [3.63, 3.8) is 0 Å². The van der Waals surface area contributed by atoms with Crippen LogP contribution < -0.4 is 29.6 Å². The van der Waals surface area contributed by atoms with E-state index in [0.717, 1.165) is 0 Å². The Morgan fingerprint density at radius 2 is 1.85 bits per heavy atom. The van der Waals surface area contributed by atoms with E-state index in [1.54, 1.807) is 25.3 Å². The maximum Gasteiger partial charge on any atom is 1.00 e. The zero-order chi connectivity index (χ0) is 9.56. The molecule has 0 unspecified atom stereocenters. The molecule has 0 radical (unpaired) electrons. The molecule has 0 heterocycles. The predicted octanol–water partition coefficient (Wildman–Crippen LogP) is -0.667. The maximum absolute atomic E-state index is 8.49. The van der Waals surface area contributed by atoms with E-state index in [9.17, 15) is 0 Å². The largest absolute Gasteiger partial charge is 1.00 e. The van der Waals surface area contributed by atoms with Crippen LogP contribution in [-0.4, -0.2) is 11.2 Å². The summed E-state index contributed by atoms with van der Waals surface area (Å²) in [6, 6.07) is 3.50. The van der Waals surface area contributed by atoms with Crippen LogP contribution in [0.5, 0.6) is 0 Å². The topological polar surface area (TPSA) is 61.7 Å². The van der Waals surface area contributed by atoms with Gasteiger partial charge >= 0.3 is 29.6 Å². The van der Waals surface area contributed by atoms with Crippen LogP contribution in [0.3, 0.4) is 0 Å². The van der Waals surface area contributed by atoms with Crippen LogP contribution in [0, 0.1) is 22.7 Å². The van der Waals surface area contributed by atoms with Crippen LogP contribution in [0.15, 0.2) is 10.6 Å². The first-order valence-corrected chi connectivity index (χ1v) is 4.59. The molecule has 0 aromatic heterocycles. The molecule has 62 valence electrons. The molecule has 0 spiro atoms. The minimum atomic E-state index is 0. The molecular weight excluding hydrogens is 213 g/mol. The first-order chi connectivity index (χ1) is 5.65. The predicted molar refractivity (Wildman–Crippen MR) is 53.4 cm³/mol. The van der Waals surface area contributed by atoms with Crippen molar-refractivity contribution in [1.82, 2.24) is 0 Å². The van der Waals surface area contributed by atoms with Crippen LogP contribution in [-0.2, 0) is 0 Å². The van der Waals surface area contributed by atoms with Gasteiger partial charge in [0.05, 0.1) is 0 Å². The van der Waals surface area contributed by atoms with Gasteiger partial charge in [-0.25, -0.2) is 0 Å². The number of hydrogen-bond donors (Lipinski definition) is 0. The van der Waals surface area contributed by atoms with Crippen LogP contribution >= 0.6 is 24.0 Å². The standard InChI is InChI=1S/C7H7N3S2.Na/c1-5(11)10-7(12-2)6(3-8)4-9;/h1-2H3,(H,10,11);/q;+1/p-1. The summed E-state index contributed by atoms with van der Waals surface area (Å²) in [5, 5.41) is 21.2. The van der Waals surface area contributed by atoms with Gasteiger partial charge in [0.2, 0.25) is 0 Å². The van der Waals surface area contributed by atoms with E-state index in [1.807, 2.05) is 0 Å². The van der Waals surface area contributed by atoms with E-state index in [4.69, 9.17) is 22.7 Å². The molecule has 0 atom stereocenters. The summed E-state index contributed by atoms with van der Waals surface area (Å²) in [5.74, 6) is 0. The monoisotopic (exact) mass is 219 g/mol. The van der Waals surface area contributed by atoms with Gasteiger partial charge in [0, 0.05) is 0 Å². The molecule has 13 heavy (non-hydrogen) atoms. The summed E-state index contributed by atoms with van der Waals surface area (Å²) < 4.78 is 0. The second-order valence-electron chi connectivity index (χ2n) is 1.74. The average molecular weight is 219 g/mol. The van der Waals surface area contributed by atoms with Gasteiger partial charge < -0.3 is 5.32 Å². The molecule has 0 N–H and O–H groups in total. The van der Waals surface area contributed by atoms with Gasteiger partial charge in [-0.2, -0.15) is 22.3 Å². The van der Waals surface area contributed by atoms with Crippen molar-refractivity contribution in [1.29, 1.82) is 10.5 Å². The Hall–Kier alpha value is -0.0400. The van der Waals surface area contributed by atoms with Crippen molar-refractivity contribution in [3.05, 3.63) is 15.9 Å². The van der Waals surface area contributed by atoms with E-state index in [2.05, 4.69) is 5.32 Å².